The van der Waals surface area contributed by atoms with E-state index >= 15 is 0 Å². The molecule has 2 atom stereocenters. The molecule has 1 saturated heterocycles. The Bertz CT molecular complexity index is 681. The largest absolute Gasteiger partial charge is 0.374 e. The van der Waals surface area contributed by atoms with Crippen LogP contribution < -0.4 is 5.32 Å². The van der Waals surface area contributed by atoms with Crippen molar-refractivity contribution in [3.05, 3.63) is 63.4 Å². The molecule has 114 valence electrons. The van der Waals surface area contributed by atoms with Crippen molar-refractivity contribution in [3.63, 3.8) is 0 Å². The van der Waals surface area contributed by atoms with Crippen LogP contribution in [0.3, 0.4) is 0 Å². The van der Waals surface area contributed by atoms with Crippen LogP contribution >= 0.6 is 11.6 Å². The number of hydrogen-bond acceptors (Lipinski definition) is 5. The lowest BCUT2D eigenvalue weighted by atomic mass is 10.0. The first-order valence-corrected chi connectivity index (χ1v) is 7.25. The molecule has 1 N–H and O–H groups in total. The molecule has 6 nitrogen and oxygen atoms in total. The highest BCUT2D eigenvalue weighted by molar-refractivity contribution is 6.30. The molecule has 1 fully saturated rings. The van der Waals surface area contributed by atoms with Gasteiger partial charge in [0.1, 0.15) is 11.8 Å². The lowest BCUT2D eigenvalue weighted by Crippen LogP contribution is -2.23. The maximum absolute atomic E-state index is 11.2. The Morgan fingerprint density at radius 2 is 2.09 bits per heavy atom. The zero-order valence-corrected chi connectivity index (χ0v) is 12.4. The summed E-state index contributed by atoms with van der Waals surface area (Å²) in [7, 11) is 0. The van der Waals surface area contributed by atoms with Crippen molar-refractivity contribution in [2.24, 2.45) is 0 Å². The van der Waals surface area contributed by atoms with E-state index < -0.39 is 4.92 Å². The summed E-state index contributed by atoms with van der Waals surface area (Å²) in [5.74, 6) is 0. The van der Waals surface area contributed by atoms with Crippen LogP contribution in [0.25, 0.3) is 0 Å². The number of nitro benzene ring substituents is 1. The summed E-state index contributed by atoms with van der Waals surface area (Å²) in [5.41, 5.74) is 1.42. The van der Waals surface area contributed by atoms with Gasteiger partial charge < -0.3 is 10.1 Å². The van der Waals surface area contributed by atoms with E-state index in [0.717, 1.165) is 12.0 Å². The number of hydrogen-bond donors (Lipinski definition) is 1. The molecule has 3 rings (SSSR count). The minimum Gasteiger partial charge on any atom is -0.374 e. The summed E-state index contributed by atoms with van der Waals surface area (Å²) in [4.78, 5) is 14.7. The molecule has 0 unspecified atom stereocenters. The highest BCUT2D eigenvalue weighted by Gasteiger charge is 2.31. The van der Waals surface area contributed by atoms with Crippen LogP contribution in [0.2, 0.25) is 5.02 Å². The highest BCUT2D eigenvalue weighted by Crippen LogP contribution is 2.34. The van der Waals surface area contributed by atoms with Crippen LogP contribution in [0.15, 0.2) is 42.7 Å². The van der Waals surface area contributed by atoms with E-state index in [4.69, 9.17) is 16.3 Å². The van der Waals surface area contributed by atoms with Gasteiger partial charge in [-0.15, -0.1) is 0 Å². The Morgan fingerprint density at radius 1 is 1.32 bits per heavy atom. The summed E-state index contributed by atoms with van der Waals surface area (Å²) >= 11 is 5.84. The van der Waals surface area contributed by atoms with Crippen molar-refractivity contribution in [1.29, 1.82) is 0 Å². The zero-order chi connectivity index (χ0) is 15.5. The summed E-state index contributed by atoms with van der Waals surface area (Å²) < 4.78 is 5.76. The van der Waals surface area contributed by atoms with Crippen LogP contribution in [0.1, 0.15) is 18.1 Å². The molecule has 1 aliphatic rings. The van der Waals surface area contributed by atoms with Gasteiger partial charge in [-0.1, -0.05) is 11.6 Å². The minimum atomic E-state index is -0.439. The summed E-state index contributed by atoms with van der Waals surface area (Å²) in [6.07, 6.45) is 4.03. The fraction of sp³-hybridized carbons (Fsp3) is 0.267. The average Bonchev–Trinajstić information content (AvgIpc) is 2.98. The van der Waals surface area contributed by atoms with Crippen molar-refractivity contribution in [3.8, 4) is 0 Å². The van der Waals surface area contributed by atoms with Gasteiger partial charge in [0.15, 0.2) is 0 Å². The maximum Gasteiger partial charge on any atom is 0.293 e. The molecular weight excluding hydrogens is 306 g/mol. The summed E-state index contributed by atoms with van der Waals surface area (Å²) in [6.45, 7) is 0.603. The molecule has 0 saturated carbocycles. The number of benzene rings is 1. The molecule has 1 aromatic heterocycles. The number of aromatic nitrogens is 1. The summed E-state index contributed by atoms with van der Waals surface area (Å²) in [6, 6.07) is 8.35. The maximum atomic E-state index is 11.2. The Balaban J connectivity index is 1.85. The molecule has 1 aliphatic heterocycles. The number of nitrogens with zero attached hydrogens (tertiary/aromatic N) is 2. The predicted octanol–water partition coefficient (Wildman–Crippen LogP) is 3.59. The molecule has 0 amide bonds. The summed E-state index contributed by atoms with van der Waals surface area (Å²) in [5, 5.41) is 14.7. The van der Waals surface area contributed by atoms with Gasteiger partial charge >= 0.3 is 0 Å². The quantitative estimate of drug-likeness (QED) is 0.688. The third-order valence-electron chi connectivity index (χ3n) is 3.62. The molecule has 7 heteroatoms. The molecule has 2 aromatic rings. The first-order chi connectivity index (χ1) is 10.6. The number of halogens is 1. The molecule has 0 aliphatic carbocycles. The topological polar surface area (TPSA) is 77.3 Å². The number of ether oxygens (including phenoxy) is 1. The molecule has 0 bridgehead atoms. The number of nitrogens with one attached hydrogen (secondary N) is 1. The van der Waals surface area contributed by atoms with E-state index in [0.29, 0.717) is 17.3 Å². The third kappa shape index (κ3) is 3.03. The first kappa shape index (κ1) is 14.7. The molecular formula is C15H14ClN3O3. The molecule has 22 heavy (non-hydrogen) atoms. The van der Waals surface area contributed by atoms with E-state index in [1.807, 2.05) is 12.1 Å². The second kappa shape index (κ2) is 6.29. The van der Waals surface area contributed by atoms with Gasteiger partial charge in [0.25, 0.3) is 5.69 Å². The van der Waals surface area contributed by atoms with Crippen LogP contribution in [0.5, 0.6) is 0 Å². The number of anilines is 1. The first-order valence-electron chi connectivity index (χ1n) is 6.87. The standard InChI is InChI=1S/C15H14ClN3O3/c16-11-1-2-12(14(9-11)19(20)21)18-13-5-8-22-15(13)10-3-6-17-7-4-10/h1-4,6-7,9,13,15,18H,5,8H2/t13-,15+/m0/s1. The lowest BCUT2D eigenvalue weighted by molar-refractivity contribution is -0.384. The van der Waals surface area contributed by atoms with Gasteiger partial charge in [-0.05, 0) is 36.2 Å². The van der Waals surface area contributed by atoms with Crippen LogP contribution in [0.4, 0.5) is 11.4 Å². The van der Waals surface area contributed by atoms with Crippen molar-refractivity contribution in [1.82, 2.24) is 4.98 Å². The number of pyridine rings is 1. The number of rotatable bonds is 4. The average molecular weight is 320 g/mol. The third-order valence-corrected chi connectivity index (χ3v) is 3.86. The smallest absolute Gasteiger partial charge is 0.293 e. The molecule has 2 heterocycles. The normalized spacial score (nSPS) is 20.8. The minimum absolute atomic E-state index is 0.0344. The number of nitro groups is 1. The van der Waals surface area contributed by atoms with Crippen molar-refractivity contribution in [2.75, 3.05) is 11.9 Å². The monoisotopic (exact) mass is 319 g/mol. The van der Waals surface area contributed by atoms with Gasteiger partial charge in [0.05, 0.1) is 11.0 Å². The van der Waals surface area contributed by atoms with E-state index in [1.165, 1.54) is 6.07 Å². The Hall–Kier alpha value is -2.18. The Labute approximate surface area is 132 Å². The fourth-order valence-corrected chi connectivity index (χ4v) is 2.76. The van der Waals surface area contributed by atoms with E-state index in [1.54, 1.807) is 24.5 Å². The van der Waals surface area contributed by atoms with Gasteiger partial charge in [0, 0.05) is 30.1 Å². The highest BCUT2D eigenvalue weighted by atomic mass is 35.5. The van der Waals surface area contributed by atoms with Crippen molar-refractivity contribution < 1.29 is 9.66 Å². The molecule has 0 radical (unpaired) electrons. The van der Waals surface area contributed by atoms with Gasteiger partial charge in [-0.25, -0.2) is 0 Å². The van der Waals surface area contributed by atoms with Crippen LogP contribution in [-0.4, -0.2) is 22.6 Å². The van der Waals surface area contributed by atoms with Gasteiger partial charge in [-0.2, -0.15) is 0 Å². The lowest BCUT2D eigenvalue weighted by Gasteiger charge is -2.21. The Morgan fingerprint density at radius 3 is 2.82 bits per heavy atom. The fourth-order valence-electron chi connectivity index (χ4n) is 2.60. The zero-order valence-electron chi connectivity index (χ0n) is 11.6. The van der Waals surface area contributed by atoms with E-state index in [2.05, 4.69) is 10.3 Å². The van der Waals surface area contributed by atoms with Gasteiger partial charge in [0.2, 0.25) is 0 Å². The van der Waals surface area contributed by atoms with Crippen molar-refractivity contribution in [2.45, 2.75) is 18.6 Å². The van der Waals surface area contributed by atoms with Crippen molar-refractivity contribution >= 4 is 23.0 Å². The SMILES string of the molecule is O=[N+]([O-])c1cc(Cl)ccc1N[C@H]1CCO[C@@H]1c1ccncc1. The second-order valence-corrected chi connectivity index (χ2v) is 5.47. The van der Waals surface area contributed by atoms with E-state index in [-0.39, 0.29) is 17.8 Å². The molecule has 1 aromatic carbocycles. The predicted molar refractivity (Wildman–Crippen MR) is 83.1 cm³/mol. The van der Waals surface area contributed by atoms with E-state index in [9.17, 15) is 10.1 Å². The molecule has 0 spiro atoms. The van der Waals surface area contributed by atoms with Crippen LogP contribution in [0, 0.1) is 10.1 Å². The Kier molecular flexibility index (Phi) is 4.22. The van der Waals surface area contributed by atoms with Crippen LogP contribution in [-0.2, 0) is 4.74 Å². The second-order valence-electron chi connectivity index (χ2n) is 5.03. The van der Waals surface area contributed by atoms with Gasteiger partial charge in [-0.3, -0.25) is 15.1 Å².